The number of nitrogens with one attached hydrogen (secondary N) is 5. The number of fused-ring (bicyclic) bond motifs is 5. The predicted molar refractivity (Wildman–Crippen MR) is 505 cm³/mol. The van der Waals surface area contributed by atoms with E-state index in [0.717, 1.165) is 140 Å². The lowest BCUT2D eigenvalue weighted by Gasteiger charge is -2.19. The van der Waals surface area contributed by atoms with Gasteiger partial charge in [0, 0.05) is 77.3 Å². The lowest BCUT2D eigenvalue weighted by Crippen LogP contribution is -2.23. The highest BCUT2D eigenvalue weighted by Crippen LogP contribution is 2.30. The molecule has 10 heterocycles. The van der Waals surface area contributed by atoms with Crippen LogP contribution in [-0.2, 0) is 49.7 Å². The van der Waals surface area contributed by atoms with E-state index in [2.05, 4.69) is 185 Å². The van der Waals surface area contributed by atoms with E-state index >= 15 is 0 Å². The normalized spacial score (nSPS) is 10.9. The molecule has 10 aromatic heterocycles. The van der Waals surface area contributed by atoms with Crippen molar-refractivity contribution in [1.29, 1.82) is 0 Å². The molecule has 0 bridgehead atoms. The summed E-state index contributed by atoms with van der Waals surface area (Å²) in [5, 5.41) is 13.7. The van der Waals surface area contributed by atoms with Crippen LogP contribution in [0.5, 0.6) is 0 Å². The minimum Gasteiger partial charge on any atom is -0.357 e. The molecular weight excluding hydrogens is 1620 g/mol. The monoisotopic (exact) mass is 1710 g/mol. The van der Waals surface area contributed by atoms with Crippen molar-refractivity contribution in [2.75, 3.05) is 44.6 Å². The van der Waals surface area contributed by atoms with Gasteiger partial charge in [-0.3, -0.25) is 61.8 Å². The molecule has 0 atom stereocenters. The summed E-state index contributed by atoms with van der Waals surface area (Å²) < 4.78 is 9.34. The first kappa shape index (κ1) is 89.7. The smallest absolute Gasteiger partial charge is 0.300 e. The zero-order valence-corrected chi connectivity index (χ0v) is 72.5. The quantitative estimate of drug-likeness (QED) is 0.0293. The van der Waals surface area contributed by atoms with E-state index in [-0.39, 0.29) is 34.5 Å². The fourth-order valence-corrected chi connectivity index (χ4v) is 13.5. The number of rotatable bonds is 23. The summed E-state index contributed by atoms with van der Waals surface area (Å²) in [6, 6.07) is 51.6. The number of terminal acetylenes is 1. The van der Waals surface area contributed by atoms with Gasteiger partial charge in [0.25, 0.3) is 5.91 Å². The van der Waals surface area contributed by atoms with Crippen LogP contribution >= 0.6 is 0 Å². The Hall–Kier alpha value is -17.0. The second kappa shape index (κ2) is 41.4. The van der Waals surface area contributed by atoms with Gasteiger partial charge in [-0.2, -0.15) is 0 Å². The van der Waals surface area contributed by atoms with E-state index in [1.165, 1.54) is 29.9 Å². The average molecular weight is 1720 g/mol. The fourth-order valence-electron chi connectivity index (χ4n) is 13.5. The first-order valence-corrected chi connectivity index (χ1v) is 41.1. The number of anilines is 6. The number of hydrogen-bond donors (Lipinski definition) is 5. The van der Waals surface area contributed by atoms with Crippen molar-refractivity contribution >= 4 is 119 Å². The molecule has 0 unspecified atom stereocenters. The molecule has 0 aliphatic carbocycles. The summed E-state index contributed by atoms with van der Waals surface area (Å²) in [6.45, 7) is 32.8. The maximum absolute atomic E-state index is 11.6. The number of aromatic nitrogens is 20. The second-order valence-corrected chi connectivity index (χ2v) is 31.6. The lowest BCUT2D eigenvalue weighted by molar-refractivity contribution is -0.112. The molecule has 31 nitrogen and oxygen atoms in total. The van der Waals surface area contributed by atoms with Crippen LogP contribution < -0.4 is 31.5 Å². The van der Waals surface area contributed by atoms with Crippen molar-refractivity contribution < 1.29 is 24.0 Å². The molecule has 0 aliphatic rings. The Morgan fingerprint density at radius 3 is 1.10 bits per heavy atom. The number of carbonyl (C=O) groups excluding carboxylic acids is 5. The van der Waals surface area contributed by atoms with Crippen LogP contribution in [0.25, 0.3) is 95.5 Å². The molecule has 0 aliphatic heterocycles. The Labute approximate surface area is 744 Å². The van der Waals surface area contributed by atoms with Crippen LogP contribution in [0.15, 0.2) is 296 Å². The Bertz CT molecular complexity index is 6990. The minimum atomic E-state index is -0.489. The van der Waals surface area contributed by atoms with Crippen molar-refractivity contribution in [2.45, 2.75) is 81.1 Å². The summed E-state index contributed by atoms with van der Waals surface area (Å²) >= 11 is 0. The highest BCUT2D eigenvalue weighted by Gasteiger charge is 2.20. The summed E-state index contributed by atoms with van der Waals surface area (Å²) in [7, 11) is 0. The largest absolute Gasteiger partial charge is 0.357 e. The Kier molecular flexibility index (Phi) is 28.8. The highest BCUT2D eigenvalue weighted by atomic mass is 16.2. The summed E-state index contributed by atoms with van der Waals surface area (Å²) in [5.41, 5.74) is 17.7. The number of hydrogen-bond acceptors (Lipinski definition) is 21. The molecule has 17 rings (SSSR count). The molecule has 0 saturated carbocycles. The predicted octanol–water partition coefficient (Wildman–Crippen LogP) is 16.6. The molecule has 646 valence electrons. The maximum atomic E-state index is 11.6. The van der Waals surface area contributed by atoms with Crippen LogP contribution in [0.1, 0.15) is 78.0 Å². The summed E-state index contributed by atoms with van der Waals surface area (Å²) in [6.07, 6.45) is 35.5. The van der Waals surface area contributed by atoms with Crippen LogP contribution in [0.3, 0.4) is 0 Å². The third-order valence-electron chi connectivity index (χ3n) is 19.6. The van der Waals surface area contributed by atoms with E-state index in [0.29, 0.717) is 45.9 Å². The molecule has 0 saturated heterocycles. The molecule has 0 fully saturated rings. The Morgan fingerprint density at radius 1 is 0.380 bits per heavy atom. The van der Waals surface area contributed by atoms with Crippen LogP contribution in [0.2, 0.25) is 0 Å². The third kappa shape index (κ3) is 23.7. The molecule has 0 spiro atoms. The molecule has 5 amide bonds. The van der Waals surface area contributed by atoms with E-state index in [1.54, 1.807) is 93.6 Å². The molecule has 5 N–H and O–H groups in total. The molecule has 0 radical (unpaired) electrons. The first-order chi connectivity index (χ1) is 62.3. The highest BCUT2D eigenvalue weighted by molar-refractivity contribution is 6.05. The van der Waals surface area contributed by atoms with Gasteiger partial charge in [-0.25, -0.2) is 59.8 Å². The zero-order chi connectivity index (χ0) is 91.1. The van der Waals surface area contributed by atoms with E-state index in [1.807, 2.05) is 168 Å². The van der Waals surface area contributed by atoms with E-state index < -0.39 is 5.91 Å². The van der Waals surface area contributed by atoms with Gasteiger partial charge in [-0.1, -0.05) is 129 Å². The fraction of sp³-hybridized carbons (Fsp3) is 0.163. The molecule has 31 heteroatoms. The second-order valence-electron chi connectivity index (χ2n) is 31.6. The Balaban J connectivity index is 0.000000138. The number of amides is 5. The standard InChI is InChI=1S/C22H19N5O.C20H15N5O.C19H21N5O.C19H19N5O.C18H20N6O/c1-2-22(28)26-18-10-11-19-20(12-18)27(15-25-19)21-13-17(23-14-24-21)9-8-16-6-4-3-5-7-16;1-2-20(26)23-15-8-9-16-18(10-15)25(13-22-16)19-12-21-11-17(24-19)14-6-4-3-5-7-14;2*1-5-18(25)23-13-6-7-15-16(8-13)24(12-21-15)17-11-20-10-14(22-17)9-19(2,3)4;1-4-18(25)22-13-7-8-14-15(9-13)24(12-21-14)17-10-16(19-11-20-17)23(5-2)6-3/h2-7,10-15H,1,8-9H2,(H,26,28);2-13H,1H2,(H,23,26);5-8,10-12H,1,9H2,2-4H3,(H,23,25);1,6-8,10-12H,9H2,2-4H3,(H,23,25);4,7-12H,1,5-6H2,2-3H3,(H,22,25). The van der Waals surface area contributed by atoms with Crippen molar-refractivity contribution in [1.82, 2.24) is 97.6 Å². The number of benzene rings is 7. The SMILES string of the molecule is C#CC(=O)Nc1ccc2ncn(-c3cncc(CC(C)(C)C)n3)c2c1.C=CC(=O)Nc1ccc2ncn(-c3cc(CCc4ccccc4)ncn3)c2c1.C=CC(=O)Nc1ccc2ncn(-c3cc(N(CC)CC)ncn3)c2c1.C=CC(=O)Nc1ccc2ncn(-c3cncc(-c4ccccc4)n3)c2c1.C=CC(=O)Nc1ccc2ncn(-c3cncc(CC(C)(C)C)n3)c2c1. The summed E-state index contributed by atoms with van der Waals surface area (Å²) in [5.74, 6) is 4.91. The van der Waals surface area contributed by atoms with Crippen molar-refractivity contribution in [3.05, 3.63) is 319 Å². The van der Waals surface area contributed by atoms with Crippen LogP contribution in [0, 0.1) is 23.2 Å². The van der Waals surface area contributed by atoms with Gasteiger partial charge in [-0.15, -0.1) is 6.42 Å². The van der Waals surface area contributed by atoms with Gasteiger partial charge in [0.15, 0.2) is 17.5 Å². The van der Waals surface area contributed by atoms with E-state index in [4.69, 9.17) is 21.4 Å². The molecule has 129 heavy (non-hydrogen) atoms. The van der Waals surface area contributed by atoms with Crippen molar-refractivity contribution in [2.24, 2.45) is 10.8 Å². The van der Waals surface area contributed by atoms with Gasteiger partial charge in [0.05, 0.1) is 97.0 Å². The van der Waals surface area contributed by atoms with Gasteiger partial charge < -0.3 is 31.5 Å². The number of aryl methyl sites for hydroxylation is 2. The van der Waals surface area contributed by atoms with Crippen molar-refractivity contribution in [3.8, 4) is 52.7 Å². The number of imidazole rings is 5. The third-order valence-corrected chi connectivity index (χ3v) is 19.6. The number of carbonyl (C=O) groups is 5. The minimum absolute atomic E-state index is 0.122. The first-order valence-electron chi connectivity index (χ1n) is 41.1. The van der Waals surface area contributed by atoms with Crippen LogP contribution in [-0.4, -0.2) is 140 Å². The van der Waals surface area contributed by atoms with Gasteiger partial charge >= 0.3 is 0 Å². The molecule has 17 aromatic rings. The maximum Gasteiger partial charge on any atom is 0.300 e. The Morgan fingerprint density at radius 2 is 0.729 bits per heavy atom. The van der Waals surface area contributed by atoms with Gasteiger partial charge in [-0.05, 0) is 177 Å². The topological polar surface area (TPSA) is 367 Å². The molecule has 7 aromatic carbocycles. The van der Waals surface area contributed by atoms with Gasteiger partial charge in [0.2, 0.25) is 23.6 Å². The molecular formula is C98H94N26O5. The lowest BCUT2D eigenvalue weighted by atomic mass is 9.91. The van der Waals surface area contributed by atoms with Crippen molar-refractivity contribution in [3.63, 3.8) is 0 Å². The van der Waals surface area contributed by atoms with Crippen LogP contribution in [0.4, 0.5) is 34.3 Å². The zero-order valence-electron chi connectivity index (χ0n) is 72.5. The number of nitrogens with zero attached hydrogens (tertiary/aromatic N) is 21. The average Bonchev–Trinajstić information content (AvgIpc) is 1.68. The summed E-state index contributed by atoms with van der Waals surface area (Å²) in [4.78, 5) is 126. The van der Waals surface area contributed by atoms with E-state index in [9.17, 15) is 24.0 Å². The van der Waals surface area contributed by atoms with Gasteiger partial charge in [0.1, 0.15) is 61.7 Å².